The Hall–Kier alpha value is -1.77. The number of rotatable bonds is 5. The van der Waals surface area contributed by atoms with Gasteiger partial charge < -0.3 is 15.3 Å². The van der Waals surface area contributed by atoms with E-state index >= 15 is 0 Å². The second-order valence-electron chi connectivity index (χ2n) is 5.50. The number of carboxylic acid groups (broad SMARTS) is 1. The summed E-state index contributed by atoms with van der Waals surface area (Å²) in [5.74, 6) is -0.412. The van der Waals surface area contributed by atoms with Crippen LogP contribution in [0.15, 0.2) is 0 Å². The quantitative estimate of drug-likeness (QED) is 0.805. The van der Waals surface area contributed by atoms with E-state index in [1.807, 2.05) is 6.07 Å². The first-order valence-electron chi connectivity index (χ1n) is 7.09. The minimum Gasteiger partial charge on any atom is -0.480 e. The molecule has 6 heteroatoms. The van der Waals surface area contributed by atoms with Crippen molar-refractivity contribution in [3.05, 3.63) is 0 Å². The van der Waals surface area contributed by atoms with E-state index in [9.17, 15) is 14.7 Å². The highest BCUT2D eigenvalue weighted by molar-refractivity contribution is 5.86. The van der Waals surface area contributed by atoms with Crippen molar-refractivity contribution in [2.75, 3.05) is 13.6 Å². The fourth-order valence-electron chi connectivity index (χ4n) is 2.59. The van der Waals surface area contributed by atoms with E-state index in [1.54, 1.807) is 7.05 Å². The summed E-state index contributed by atoms with van der Waals surface area (Å²) in [5, 5.41) is 20.6. The fraction of sp³-hybridized carbons (Fsp3) is 0.786. The summed E-state index contributed by atoms with van der Waals surface area (Å²) in [4.78, 5) is 24.9. The van der Waals surface area contributed by atoms with E-state index in [2.05, 4.69) is 12.2 Å². The van der Waals surface area contributed by atoms with Gasteiger partial charge in [0, 0.05) is 13.6 Å². The molecular formula is C14H23N3O3. The van der Waals surface area contributed by atoms with Crippen molar-refractivity contribution >= 4 is 12.0 Å². The van der Waals surface area contributed by atoms with E-state index in [4.69, 9.17) is 5.26 Å². The van der Waals surface area contributed by atoms with Crippen LogP contribution in [0.3, 0.4) is 0 Å². The zero-order valence-corrected chi connectivity index (χ0v) is 12.2. The number of nitrogens with zero attached hydrogens (tertiary/aromatic N) is 2. The molecule has 112 valence electrons. The third kappa shape index (κ3) is 3.86. The van der Waals surface area contributed by atoms with Crippen LogP contribution < -0.4 is 5.32 Å². The summed E-state index contributed by atoms with van der Waals surface area (Å²) >= 11 is 0. The first-order valence-corrected chi connectivity index (χ1v) is 7.09. The van der Waals surface area contributed by atoms with E-state index in [0.717, 1.165) is 19.3 Å². The van der Waals surface area contributed by atoms with Crippen LogP contribution in [0, 0.1) is 17.2 Å². The summed E-state index contributed by atoms with van der Waals surface area (Å²) in [5.41, 5.74) is -1.15. The molecule has 0 aliphatic heterocycles. The lowest BCUT2D eigenvalue weighted by Crippen LogP contribution is -2.58. The van der Waals surface area contributed by atoms with Gasteiger partial charge in [0.25, 0.3) is 0 Å². The van der Waals surface area contributed by atoms with Crippen molar-refractivity contribution in [2.24, 2.45) is 5.92 Å². The van der Waals surface area contributed by atoms with Crippen molar-refractivity contribution < 1.29 is 14.7 Å². The lowest BCUT2D eigenvalue weighted by Gasteiger charge is -2.38. The number of nitrogens with one attached hydrogen (secondary N) is 1. The Labute approximate surface area is 119 Å². The van der Waals surface area contributed by atoms with Gasteiger partial charge in [-0.3, -0.25) is 0 Å². The van der Waals surface area contributed by atoms with E-state index < -0.39 is 17.5 Å². The van der Waals surface area contributed by atoms with Gasteiger partial charge in [0.15, 0.2) is 0 Å². The summed E-state index contributed by atoms with van der Waals surface area (Å²) in [6, 6.07) is 1.55. The van der Waals surface area contributed by atoms with E-state index in [1.165, 1.54) is 4.90 Å². The number of nitriles is 1. The Morgan fingerprint density at radius 1 is 1.45 bits per heavy atom. The molecule has 2 N–H and O–H groups in total. The largest absolute Gasteiger partial charge is 0.480 e. The highest BCUT2D eigenvalue weighted by atomic mass is 16.4. The van der Waals surface area contributed by atoms with Crippen molar-refractivity contribution in [2.45, 2.75) is 51.0 Å². The predicted octanol–water partition coefficient (Wildman–Crippen LogP) is 1.97. The lowest BCUT2D eigenvalue weighted by atomic mass is 9.75. The summed E-state index contributed by atoms with van der Waals surface area (Å²) in [6.45, 7) is 2.41. The van der Waals surface area contributed by atoms with Crippen LogP contribution in [0.1, 0.15) is 45.4 Å². The second kappa shape index (κ2) is 7.13. The number of carbonyl (C=O) groups is 2. The van der Waals surface area contributed by atoms with E-state index in [-0.39, 0.29) is 6.42 Å². The number of carboxylic acids is 1. The molecule has 0 aromatic rings. The Morgan fingerprint density at radius 3 is 2.50 bits per heavy atom. The zero-order chi connectivity index (χ0) is 15.2. The molecule has 0 spiro atoms. The SMILES string of the molecule is CCC1CCC(NC(=O)N(C)CCC#N)(C(=O)O)CC1. The molecule has 0 aromatic heterocycles. The lowest BCUT2D eigenvalue weighted by molar-refractivity contribution is -0.146. The Morgan fingerprint density at radius 2 is 2.05 bits per heavy atom. The van der Waals surface area contributed by atoms with Gasteiger partial charge in [-0.15, -0.1) is 0 Å². The molecule has 0 atom stereocenters. The van der Waals surface area contributed by atoms with Gasteiger partial charge in [-0.1, -0.05) is 13.3 Å². The van der Waals surface area contributed by atoms with Gasteiger partial charge in [-0.25, -0.2) is 9.59 Å². The third-order valence-electron chi connectivity index (χ3n) is 4.20. The minimum absolute atomic E-state index is 0.238. The van der Waals surface area contributed by atoms with E-state index in [0.29, 0.717) is 25.3 Å². The topological polar surface area (TPSA) is 93.4 Å². The normalized spacial score (nSPS) is 25.6. The van der Waals surface area contributed by atoms with Crippen molar-refractivity contribution in [3.63, 3.8) is 0 Å². The Bertz CT molecular complexity index is 395. The average Bonchev–Trinajstić information content (AvgIpc) is 2.45. The number of amides is 2. The monoisotopic (exact) mass is 281 g/mol. The molecule has 0 aromatic carbocycles. The zero-order valence-electron chi connectivity index (χ0n) is 12.2. The number of aliphatic carboxylic acids is 1. The maximum atomic E-state index is 12.0. The minimum atomic E-state index is -1.15. The summed E-state index contributed by atoms with van der Waals surface area (Å²) in [6.07, 6.45) is 3.88. The molecule has 6 nitrogen and oxygen atoms in total. The molecular weight excluding hydrogens is 258 g/mol. The van der Waals surface area contributed by atoms with Crippen LogP contribution >= 0.6 is 0 Å². The first-order chi connectivity index (χ1) is 9.45. The number of urea groups is 1. The highest BCUT2D eigenvalue weighted by Gasteiger charge is 2.43. The number of carbonyl (C=O) groups excluding carboxylic acids is 1. The molecule has 1 saturated carbocycles. The van der Waals surface area contributed by atoms with Gasteiger partial charge >= 0.3 is 12.0 Å². The maximum absolute atomic E-state index is 12.0. The van der Waals surface area contributed by atoms with Gasteiger partial charge in [0.1, 0.15) is 5.54 Å². The van der Waals surface area contributed by atoms with Crippen LogP contribution in [0.4, 0.5) is 4.79 Å². The standard InChI is InChI=1S/C14H23N3O3/c1-3-11-5-7-14(8-6-11,12(18)19)16-13(20)17(2)10-4-9-15/h11H,3-8,10H2,1-2H3,(H,16,20)(H,18,19). The van der Waals surface area contributed by atoms with Crippen molar-refractivity contribution in [3.8, 4) is 6.07 Å². The first kappa shape index (κ1) is 16.3. The number of hydrogen-bond donors (Lipinski definition) is 2. The molecule has 1 fully saturated rings. The van der Waals surface area contributed by atoms with Gasteiger partial charge in [0.2, 0.25) is 0 Å². The predicted molar refractivity (Wildman–Crippen MR) is 74.0 cm³/mol. The molecule has 0 heterocycles. The molecule has 0 saturated heterocycles. The van der Waals surface area contributed by atoms with Crippen LogP contribution in [0.25, 0.3) is 0 Å². The van der Waals surface area contributed by atoms with Crippen LogP contribution in [0.2, 0.25) is 0 Å². The highest BCUT2D eigenvalue weighted by Crippen LogP contribution is 2.34. The fourth-order valence-corrected chi connectivity index (χ4v) is 2.59. The molecule has 0 bridgehead atoms. The van der Waals surface area contributed by atoms with Crippen LogP contribution in [-0.4, -0.2) is 41.1 Å². The molecule has 1 rings (SSSR count). The Balaban J connectivity index is 2.67. The molecule has 2 amide bonds. The molecule has 0 radical (unpaired) electrons. The number of hydrogen-bond acceptors (Lipinski definition) is 3. The molecule has 1 aliphatic rings. The Kier molecular flexibility index (Phi) is 5.81. The second-order valence-corrected chi connectivity index (χ2v) is 5.50. The van der Waals surface area contributed by atoms with Crippen molar-refractivity contribution in [1.29, 1.82) is 5.26 Å². The molecule has 20 heavy (non-hydrogen) atoms. The summed E-state index contributed by atoms with van der Waals surface area (Å²) in [7, 11) is 1.57. The third-order valence-corrected chi connectivity index (χ3v) is 4.20. The molecule has 1 aliphatic carbocycles. The maximum Gasteiger partial charge on any atom is 0.329 e. The smallest absolute Gasteiger partial charge is 0.329 e. The van der Waals surface area contributed by atoms with Crippen molar-refractivity contribution in [1.82, 2.24) is 10.2 Å². The van der Waals surface area contributed by atoms with Gasteiger partial charge in [-0.05, 0) is 31.6 Å². The van der Waals surface area contributed by atoms with Gasteiger partial charge in [0.05, 0.1) is 12.5 Å². The molecule has 0 unspecified atom stereocenters. The van der Waals surface area contributed by atoms with Crippen LogP contribution in [0.5, 0.6) is 0 Å². The summed E-state index contributed by atoms with van der Waals surface area (Å²) < 4.78 is 0. The average molecular weight is 281 g/mol. The van der Waals surface area contributed by atoms with Gasteiger partial charge in [-0.2, -0.15) is 5.26 Å². The van der Waals surface area contributed by atoms with Crippen LogP contribution in [-0.2, 0) is 4.79 Å².